The SMILES string of the molecule is CCS(=O)(=O)N1CCN(C(=O)c2ccc3nc[nH]c3c2)CC1. The summed E-state index contributed by atoms with van der Waals surface area (Å²) in [5.74, 6) is 0.0160. The molecular weight excluding hydrogens is 304 g/mol. The lowest BCUT2D eigenvalue weighted by Crippen LogP contribution is -2.50. The van der Waals surface area contributed by atoms with Crippen molar-refractivity contribution >= 4 is 27.0 Å². The molecule has 3 rings (SSSR count). The quantitative estimate of drug-likeness (QED) is 0.900. The van der Waals surface area contributed by atoms with E-state index in [4.69, 9.17) is 0 Å². The fourth-order valence-electron chi connectivity index (χ4n) is 2.60. The highest BCUT2D eigenvalue weighted by atomic mass is 32.2. The van der Waals surface area contributed by atoms with Gasteiger partial charge in [0, 0.05) is 31.7 Å². The zero-order valence-corrected chi connectivity index (χ0v) is 13.1. The highest BCUT2D eigenvalue weighted by Gasteiger charge is 2.28. The molecule has 1 amide bonds. The van der Waals surface area contributed by atoms with Crippen LogP contribution in [0.3, 0.4) is 0 Å². The molecule has 2 heterocycles. The number of H-pyrrole nitrogens is 1. The molecule has 0 atom stereocenters. The molecule has 0 saturated carbocycles. The number of sulfonamides is 1. The van der Waals surface area contributed by atoms with Crippen molar-refractivity contribution in [1.29, 1.82) is 0 Å². The molecule has 2 aromatic rings. The summed E-state index contributed by atoms with van der Waals surface area (Å²) in [6.45, 7) is 3.17. The Labute approximate surface area is 129 Å². The number of rotatable bonds is 3. The van der Waals surface area contributed by atoms with Gasteiger partial charge in [0.2, 0.25) is 10.0 Å². The van der Waals surface area contributed by atoms with Gasteiger partial charge >= 0.3 is 0 Å². The lowest BCUT2D eigenvalue weighted by molar-refractivity contribution is 0.0698. The summed E-state index contributed by atoms with van der Waals surface area (Å²) >= 11 is 0. The molecule has 0 radical (unpaired) electrons. The maximum Gasteiger partial charge on any atom is 0.254 e. The largest absolute Gasteiger partial charge is 0.345 e. The van der Waals surface area contributed by atoms with Gasteiger partial charge in [-0.2, -0.15) is 4.31 Å². The van der Waals surface area contributed by atoms with Crippen molar-refractivity contribution in [1.82, 2.24) is 19.2 Å². The first-order valence-corrected chi connectivity index (χ1v) is 8.82. The van der Waals surface area contributed by atoms with E-state index in [1.165, 1.54) is 4.31 Å². The highest BCUT2D eigenvalue weighted by Crippen LogP contribution is 2.15. The monoisotopic (exact) mass is 322 g/mol. The van der Waals surface area contributed by atoms with E-state index in [0.717, 1.165) is 11.0 Å². The molecule has 22 heavy (non-hydrogen) atoms. The fraction of sp³-hybridized carbons (Fsp3) is 0.429. The van der Waals surface area contributed by atoms with Crippen LogP contribution in [0.15, 0.2) is 24.5 Å². The van der Waals surface area contributed by atoms with E-state index in [2.05, 4.69) is 9.97 Å². The Bertz CT molecular complexity index is 791. The predicted molar refractivity (Wildman–Crippen MR) is 83.0 cm³/mol. The van der Waals surface area contributed by atoms with Gasteiger partial charge in [-0.25, -0.2) is 13.4 Å². The Morgan fingerprint density at radius 3 is 2.68 bits per heavy atom. The van der Waals surface area contributed by atoms with Crippen molar-refractivity contribution in [3.05, 3.63) is 30.1 Å². The summed E-state index contributed by atoms with van der Waals surface area (Å²) in [6.07, 6.45) is 1.59. The van der Waals surface area contributed by atoms with Crippen molar-refractivity contribution < 1.29 is 13.2 Å². The first kappa shape index (κ1) is 15.0. The molecule has 1 aromatic heterocycles. The smallest absolute Gasteiger partial charge is 0.254 e. The second-order valence-corrected chi connectivity index (χ2v) is 7.48. The third kappa shape index (κ3) is 2.71. The third-order valence-corrected chi connectivity index (χ3v) is 5.83. The van der Waals surface area contributed by atoms with Crippen LogP contribution in [-0.4, -0.2) is 65.4 Å². The van der Waals surface area contributed by atoms with Crippen molar-refractivity contribution in [2.75, 3.05) is 31.9 Å². The highest BCUT2D eigenvalue weighted by molar-refractivity contribution is 7.89. The number of hydrogen-bond donors (Lipinski definition) is 1. The first-order valence-electron chi connectivity index (χ1n) is 7.21. The second kappa shape index (κ2) is 5.69. The maximum atomic E-state index is 12.5. The minimum atomic E-state index is -3.17. The Kier molecular flexibility index (Phi) is 3.88. The molecule has 0 unspecified atom stereocenters. The fourth-order valence-corrected chi connectivity index (χ4v) is 3.69. The van der Waals surface area contributed by atoms with Crippen LogP contribution in [-0.2, 0) is 10.0 Å². The van der Waals surface area contributed by atoms with E-state index in [0.29, 0.717) is 31.7 Å². The summed E-state index contributed by atoms with van der Waals surface area (Å²) < 4.78 is 25.1. The molecular formula is C14H18N4O3S. The van der Waals surface area contributed by atoms with E-state index in [1.807, 2.05) is 0 Å². The van der Waals surface area contributed by atoms with Crippen molar-refractivity contribution in [2.45, 2.75) is 6.92 Å². The Hall–Kier alpha value is -1.93. The second-order valence-electron chi connectivity index (χ2n) is 5.23. The van der Waals surface area contributed by atoms with Gasteiger partial charge in [0.25, 0.3) is 5.91 Å². The minimum absolute atomic E-state index is 0.0787. The number of nitrogens with one attached hydrogen (secondary N) is 1. The van der Waals surface area contributed by atoms with Gasteiger partial charge in [-0.1, -0.05) is 0 Å². The third-order valence-electron chi connectivity index (χ3n) is 3.95. The molecule has 1 aliphatic rings. The summed E-state index contributed by atoms with van der Waals surface area (Å²) in [6, 6.07) is 5.33. The molecule has 1 saturated heterocycles. The van der Waals surface area contributed by atoms with Gasteiger partial charge in [0.15, 0.2) is 0 Å². The molecule has 1 aliphatic heterocycles. The first-order chi connectivity index (χ1) is 10.5. The van der Waals surface area contributed by atoms with Crippen LogP contribution in [0.2, 0.25) is 0 Å². The van der Waals surface area contributed by atoms with Crippen LogP contribution < -0.4 is 0 Å². The van der Waals surface area contributed by atoms with Crippen molar-refractivity contribution in [3.63, 3.8) is 0 Å². The van der Waals surface area contributed by atoms with E-state index in [-0.39, 0.29) is 11.7 Å². The Balaban J connectivity index is 1.71. The van der Waals surface area contributed by atoms with E-state index in [1.54, 1.807) is 36.4 Å². The van der Waals surface area contributed by atoms with Crippen molar-refractivity contribution in [2.24, 2.45) is 0 Å². The Morgan fingerprint density at radius 2 is 2.00 bits per heavy atom. The maximum absolute atomic E-state index is 12.5. The molecule has 1 fully saturated rings. The number of hydrogen-bond acceptors (Lipinski definition) is 4. The van der Waals surface area contributed by atoms with Gasteiger partial charge in [-0.05, 0) is 25.1 Å². The summed E-state index contributed by atoms with van der Waals surface area (Å²) in [4.78, 5) is 21.3. The number of amides is 1. The molecule has 0 bridgehead atoms. The lowest BCUT2D eigenvalue weighted by atomic mass is 10.1. The molecule has 8 heteroatoms. The van der Waals surface area contributed by atoms with Gasteiger partial charge < -0.3 is 9.88 Å². The van der Waals surface area contributed by atoms with E-state index in [9.17, 15) is 13.2 Å². The average Bonchev–Trinajstić information content (AvgIpc) is 3.02. The lowest BCUT2D eigenvalue weighted by Gasteiger charge is -2.33. The van der Waals surface area contributed by atoms with Crippen molar-refractivity contribution in [3.8, 4) is 0 Å². The van der Waals surface area contributed by atoms with Crippen LogP contribution in [0.5, 0.6) is 0 Å². The van der Waals surface area contributed by atoms with E-state index >= 15 is 0 Å². The zero-order chi connectivity index (χ0) is 15.7. The van der Waals surface area contributed by atoms with Gasteiger partial charge in [0.1, 0.15) is 0 Å². The van der Waals surface area contributed by atoms with Crippen LogP contribution >= 0.6 is 0 Å². The minimum Gasteiger partial charge on any atom is -0.345 e. The normalized spacial score (nSPS) is 17.0. The van der Waals surface area contributed by atoms with Crippen LogP contribution in [0, 0.1) is 0 Å². The number of benzene rings is 1. The standard InChI is InChI=1S/C14H18N4O3S/c1-2-22(20,21)18-7-5-17(6-8-18)14(19)11-3-4-12-13(9-11)16-10-15-12/h3-4,9-10H,2,5-8H2,1H3,(H,15,16). The van der Waals surface area contributed by atoms with Crippen LogP contribution in [0.1, 0.15) is 17.3 Å². The predicted octanol–water partition coefficient (Wildman–Crippen LogP) is 0.670. The van der Waals surface area contributed by atoms with Gasteiger partial charge in [0.05, 0.1) is 23.1 Å². The van der Waals surface area contributed by atoms with E-state index < -0.39 is 10.0 Å². The number of aromatic nitrogens is 2. The van der Waals surface area contributed by atoms with Gasteiger partial charge in [-0.15, -0.1) is 0 Å². The Morgan fingerprint density at radius 1 is 1.27 bits per heavy atom. The number of fused-ring (bicyclic) bond motifs is 1. The molecule has 1 N–H and O–H groups in total. The topological polar surface area (TPSA) is 86.4 Å². The number of piperazine rings is 1. The molecule has 118 valence electrons. The summed E-state index contributed by atoms with van der Waals surface area (Å²) in [5, 5.41) is 0. The summed E-state index contributed by atoms with van der Waals surface area (Å²) in [5.41, 5.74) is 2.22. The average molecular weight is 322 g/mol. The molecule has 0 spiro atoms. The van der Waals surface area contributed by atoms with Gasteiger partial charge in [-0.3, -0.25) is 4.79 Å². The number of aromatic amines is 1. The number of nitrogens with zero attached hydrogens (tertiary/aromatic N) is 3. The summed E-state index contributed by atoms with van der Waals surface area (Å²) in [7, 11) is -3.17. The van der Waals surface area contributed by atoms with Crippen LogP contribution in [0.25, 0.3) is 11.0 Å². The van der Waals surface area contributed by atoms with Crippen LogP contribution in [0.4, 0.5) is 0 Å². The number of carbonyl (C=O) groups excluding carboxylic acids is 1. The number of imidazole rings is 1. The molecule has 1 aromatic carbocycles. The molecule has 7 nitrogen and oxygen atoms in total. The zero-order valence-electron chi connectivity index (χ0n) is 12.3. The molecule has 0 aliphatic carbocycles. The number of carbonyl (C=O) groups is 1.